The van der Waals surface area contributed by atoms with Crippen LogP contribution >= 0.6 is 11.6 Å². The van der Waals surface area contributed by atoms with Gasteiger partial charge in [-0.1, -0.05) is 38.3 Å². The van der Waals surface area contributed by atoms with Gasteiger partial charge in [0, 0.05) is 18.7 Å². The van der Waals surface area contributed by atoms with Gasteiger partial charge in [-0.05, 0) is 24.8 Å². The van der Waals surface area contributed by atoms with Gasteiger partial charge in [-0.3, -0.25) is 10.1 Å². The molecule has 1 saturated carbocycles. The van der Waals surface area contributed by atoms with E-state index in [-0.39, 0.29) is 10.6 Å². The molecule has 1 aliphatic rings. The van der Waals surface area contributed by atoms with E-state index in [1.54, 1.807) is 0 Å². The molecular weight excluding hydrogens is 278 g/mol. The van der Waals surface area contributed by atoms with E-state index in [0.29, 0.717) is 22.9 Å². The van der Waals surface area contributed by atoms with E-state index >= 15 is 0 Å². The molecule has 0 N–H and O–H groups in total. The lowest BCUT2D eigenvalue weighted by molar-refractivity contribution is -0.384. The summed E-state index contributed by atoms with van der Waals surface area (Å²) in [5.74, 6) is 0.832. The van der Waals surface area contributed by atoms with E-state index in [4.69, 9.17) is 11.6 Å². The number of anilines is 1. The van der Waals surface area contributed by atoms with Crippen molar-refractivity contribution < 1.29 is 4.92 Å². The maximum absolute atomic E-state index is 11.2. The Kier molecular flexibility index (Phi) is 4.81. The zero-order valence-corrected chi connectivity index (χ0v) is 12.6. The minimum atomic E-state index is -0.374. The molecule has 5 nitrogen and oxygen atoms in total. The fourth-order valence-electron chi connectivity index (χ4n) is 2.79. The molecule has 0 bridgehead atoms. The average molecular weight is 298 g/mol. The van der Waals surface area contributed by atoms with Crippen molar-refractivity contribution in [2.24, 2.45) is 5.92 Å². The third-order valence-corrected chi connectivity index (χ3v) is 3.83. The first-order valence-corrected chi connectivity index (χ1v) is 7.44. The number of nitro groups is 1. The van der Waals surface area contributed by atoms with Gasteiger partial charge in [-0.2, -0.15) is 0 Å². The highest BCUT2D eigenvalue weighted by Gasteiger charge is 2.29. The molecule has 0 unspecified atom stereocenters. The van der Waals surface area contributed by atoms with Crippen LogP contribution in [0.15, 0.2) is 12.1 Å². The maximum atomic E-state index is 11.2. The Labute approximate surface area is 124 Å². The van der Waals surface area contributed by atoms with Crippen LogP contribution in [-0.4, -0.2) is 22.5 Å². The average Bonchev–Trinajstić information content (AvgIpc) is 2.88. The first-order chi connectivity index (χ1) is 9.49. The molecule has 0 radical (unpaired) electrons. The lowest BCUT2D eigenvalue weighted by Gasteiger charge is -2.31. The van der Waals surface area contributed by atoms with E-state index < -0.39 is 0 Å². The van der Waals surface area contributed by atoms with Crippen LogP contribution < -0.4 is 4.90 Å². The fraction of sp³-hybridized carbons (Fsp3) is 0.643. The van der Waals surface area contributed by atoms with Crippen molar-refractivity contribution in [1.29, 1.82) is 0 Å². The highest BCUT2D eigenvalue weighted by molar-refractivity contribution is 6.29. The molecular formula is C14H20ClN3O2. The molecule has 0 aromatic carbocycles. The number of aromatic nitrogens is 1. The van der Waals surface area contributed by atoms with Crippen LogP contribution in [0.1, 0.15) is 39.5 Å². The van der Waals surface area contributed by atoms with E-state index in [2.05, 4.69) is 23.7 Å². The summed E-state index contributed by atoms with van der Waals surface area (Å²) in [6, 6.07) is 3.26. The van der Waals surface area contributed by atoms with E-state index in [0.717, 1.165) is 19.4 Å². The summed E-state index contributed by atoms with van der Waals surface area (Å²) in [4.78, 5) is 17.2. The zero-order chi connectivity index (χ0) is 14.7. The molecule has 20 heavy (non-hydrogen) atoms. The Morgan fingerprint density at radius 1 is 1.45 bits per heavy atom. The minimum absolute atomic E-state index is 0.0435. The maximum Gasteiger partial charge on any atom is 0.311 e. The molecule has 0 aliphatic heterocycles. The smallest absolute Gasteiger partial charge is 0.311 e. The third kappa shape index (κ3) is 3.39. The van der Waals surface area contributed by atoms with Crippen LogP contribution in [0, 0.1) is 16.0 Å². The van der Waals surface area contributed by atoms with Crippen LogP contribution in [0.3, 0.4) is 0 Å². The van der Waals surface area contributed by atoms with Crippen LogP contribution in [0.5, 0.6) is 0 Å². The Balaban J connectivity index is 2.40. The second-order valence-electron chi connectivity index (χ2n) is 5.72. The van der Waals surface area contributed by atoms with Crippen LogP contribution in [0.2, 0.25) is 5.15 Å². The van der Waals surface area contributed by atoms with Gasteiger partial charge in [0.05, 0.1) is 4.92 Å². The normalized spacial score (nSPS) is 15.8. The number of hydrogen-bond acceptors (Lipinski definition) is 4. The highest BCUT2D eigenvalue weighted by atomic mass is 35.5. The lowest BCUT2D eigenvalue weighted by atomic mass is 10.1. The first kappa shape index (κ1) is 15.0. The van der Waals surface area contributed by atoms with Crippen LogP contribution in [0.4, 0.5) is 11.5 Å². The van der Waals surface area contributed by atoms with Gasteiger partial charge in [0.15, 0.2) is 0 Å². The lowest BCUT2D eigenvalue weighted by Crippen LogP contribution is -2.37. The fourth-order valence-corrected chi connectivity index (χ4v) is 2.93. The second kappa shape index (κ2) is 6.39. The van der Waals surface area contributed by atoms with Gasteiger partial charge in [0.1, 0.15) is 5.15 Å². The molecule has 2 rings (SSSR count). The molecule has 1 aromatic rings. The van der Waals surface area contributed by atoms with Crippen molar-refractivity contribution in [3.05, 3.63) is 27.4 Å². The molecule has 0 atom stereocenters. The van der Waals surface area contributed by atoms with Crippen molar-refractivity contribution in [3.8, 4) is 0 Å². The van der Waals surface area contributed by atoms with Crippen LogP contribution in [-0.2, 0) is 0 Å². The van der Waals surface area contributed by atoms with Gasteiger partial charge in [-0.15, -0.1) is 0 Å². The molecule has 1 fully saturated rings. The van der Waals surface area contributed by atoms with Crippen molar-refractivity contribution in [1.82, 2.24) is 4.98 Å². The van der Waals surface area contributed by atoms with Crippen molar-refractivity contribution in [2.75, 3.05) is 11.4 Å². The summed E-state index contributed by atoms with van der Waals surface area (Å²) < 4.78 is 0. The molecule has 0 saturated heterocycles. The topological polar surface area (TPSA) is 59.3 Å². The molecule has 1 heterocycles. The summed E-state index contributed by atoms with van der Waals surface area (Å²) in [5, 5.41) is 11.5. The van der Waals surface area contributed by atoms with E-state index in [1.807, 2.05) is 0 Å². The molecule has 0 amide bonds. The van der Waals surface area contributed by atoms with Crippen molar-refractivity contribution >= 4 is 23.1 Å². The Hall–Kier alpha value is -1.36. The predicted molar refractivity (Wildman–Crippen MR) is 80.3 cm³/mol. The van der Waals surface area contributed by atoms with Crippen LogP contribution in [0.25, 0.3) is 0 Å². The quantitative estimate of drug-likeness (QED) is 0.467. The van der Waals surface area contributed by atoms with Gasteiger partial charge in [0.25, 0.3) is 0 Å². The summed E-state index contributed by atoms with van der Waals surface area (Å²) in [6.45, 7) is 4.98. The molecule has 110 valence electrons. The number of nitrogens with zero attached hydrogens (tertiary/aromatic N) is 3. The monoisotopic (exact) mass is 297 g/mol. The van der Waals surface area contributed by atoms with Gasteiger partial charge in [0.2, 0.25) is 5.82 Å². The van der Waals surface area contributed by atoms with Gasteiger partial charge in [-0.25, -0.2) is 4.98 Å². The Morgan fingerprint density at radius 2 is 2.10 bits per heavy atom. The molecule has 6 heteroatoms. The first-order valence-electron chi connectivity index (χ1n) is 7.06. The predicted octanol–water partition coefficient (Wildman–Crippen LogP) is 4.05. The van der Waals surface area contributed by atoms with E-state index in [9.17, 15) is 10.1 Å². The number of hydrogen-bond donors (Lipinski definition) is 0. The molecule has 1 aliphatic carbocycles. The van der Waals surface area contributed by atoms with Crippen molar-refractivity contribution in [3.63, 3.8) is 0 Å². The summed E-state index contributed by atoms with van der Waals surface area (Å²) >= 11 is 5.95. The highest BCUT2D eigenvalue weighted by Crippen LogP contribution is 2.34. The summed E-state index contributed by atoms with van der Waals surface area (Å²) in [6.07, 6.45) is 4.48. The SMILES string of the molecule is CC(C)CN(c1nc(Cl)ccc1[N+](=O)[O-])C1CCCC1. The standard InChI is InChI=1S/C14H20ClN3O2/c1-10(2)9-17(11-5-3-4-6-11)14-12(18(19)20)7-8-13(15)16-14/h7-8,10-11H,3-6,9H2,1-2H3. The summed E-state index contributed by atoms with van der Waals surface area (Å²) in [5.41, 5.74) is 0.0435. The molecule has 1 aromatic heterocycles. The Morgan fingerprint density at radius 3 is 2.65 bits per heavy atom. The minimum Gasteiger partial charge on any atom is -0.348 e. The van der Waals surface area contributed by atoms with Gasteiger partial charge < -0.3 is 4.90 Å². The molecule has 0 spiro atoms. The largest absolute Gasteiger partial charge is 0.348 e. The number of pyridine rings is 1. The Bertz CT molecular complexity index is 487. The van der Waals surface area contributed by atoms with E-state index in [1.165, 1.54) is 25.0 Å². The number of rotatable bonds is 5. The van der Waals surface area contributed by atoms with Crippen molar-refractivity contribution in [2.45, 2.75) is 45.6 Å². The van der Waals surface area contributed by atoms with Gasteiger partial charge >= 0.3 is 5.69 Å². The second-order valence-corrected chi connectivity index (χ2v) is 6.11. The summed E-state index contributed by atoms with van der Waals surface area (Å²) in [7, 11) is 0. The number of halogens is 1. The zero-order valence-electron chi connectivity index (χ0n) is 11.9. The third-order valence-electron chi connectivity index (χ3n) is 3.62.